The van der Waals surface area contributed by atoms with Gasteiger partial charge in [-0.05, 0) is 106 Å². The number of likely N-dealkylation sites (N-methyl/N-ethyl adjacent to an activating group) is 1. The van der Waals surface area contributed by atoms with Gasteiger partial charge in [0, 0.05) is 32.6 Å². The second kappa shape index (κ2) is 8.89. The van der Waals surface area contributed by atoms with Crippen LogP contribution in [-0.4, -0.2) is 60.4 Å². The molecule has 1 N–H and O–H groups in total. The third-order valence-electron chi connectivity index (χ3n) is 11.9. The maximum atomic E-state index is 13.4. The average Bonchev–Trinajstić information content (AvgIpc) is 3.29. The molecule has 3 saturated carbocycles. The second-order valence-electron chi connectivity index (χ2n) is 13.6. The molecular formula is C30H49N3O2. The summed E-state index contributed by atoms with van der Waals surface area (Å²) in [5, 5.41) is 2.90. The SMILES string of the molecule is CC(=O)N[C@@H](C(=O)N(C)[C@H]1CC[C@@]2(C)C(=CC[C@@H]3C2CC[C@]24CN(C)[C@@H](C)[C@H]2CC[C@@H]34)C1)C(C)C. The molecule has 4 fully saturated rings. The highest BCUT2D eigenvalue weighted by atomic mass is 16.2. The lowest BCUT2D eigenvalue weighted by Gasteiger charge is -2.58. The maximum absolute atomic E-state index is 13.4. The van der Waals surface area contributed by atoms with E-state index < -0.39 is 6.04 Å². The topological polar surface area (TPSA) is 52.7 Å². The third kappa shape index (κ3) is 3.81. The van der Waals surface area contributed by atoms with Gasteiger partial charge in [0.15, 0.2) is 0 Å². The van der Waals surface area contributed by atoms with Crippen LogP contribution in [0.1, 0.15) is 86.0 Å². The molecule has 0 radical (unpaired) electrons. The van der Waals surface area contributed by atoms with Gasteiger partial charge in [0.25, 0.3) is 0 Å². The molecule has 5 aliphatic rings. The van der Waals surface area contributed by atoms with Gasteiger partial charge in [0.1, 0.15) is 6.04 Å². The highest BCUT2D eigenvalue weighted by molar-refractivity contribution is 5.87. The Morgan fingerprint density at radius 3 is 2.51 bits per heavy atom. The summed E-state index contributed by atoms with van der Waals surface area (Å²) < 4.78 is 0. The Morgan fingerprint density at radius 2 is 1.83 bits per heavy atom. The van der Waals surface area contributed by atoms with E-state index in [9.17, 15) is 9.59 Å². The van der Waals surface area contributed by atoms with E-state index >= 15 is 0 Å². The van der Waals surface area contributed by atoms with Crippen molar-refractivity contribution in [3.05, 3.63) is 11.6 Å². The molecule has 1 heterocycles. The number of nitrogens with one attached hydrogen (secondary N) is 1. The Hall–Kier alpha value is -1.36. The van der Waals surface area contributed by atoms with Gasteiger partial charge in [0.05, 0.1) is 0 Å². The van der Waals surface area contributed by atoms with E-state index in [-0.39, 0.29) is 23.8 Å². The number of nitrogens with zero attached hydrogens (tertiary/aromatic N) is 2. The highest BCUT2D eigenvalue weighted by Crippen LogP contribution is 2.68. The number of carbonyl (C=O) groups excluding carboxylic acids is 2. The molecule has 35 heavy (non-hydrogen) atoms. The summed E-state index contributed by atoms with van der Waals surface area (Å²) in [5.41, 5.74) is 2.50. The molecule has 1 aliphatic heterocycles. The highest BCUT2D eigenvalue weighted by Gasteiger charge is 2.64. The zero-order valence-electron chi connectivity index (χ0n) is 23.3. The zero-order chi connectivity index (χ0) is 25.3. The fraction of sp³-hybridized carbons (Fsp3) is 0.867. The van der Waals surface area contributed by atoms with Crippen molar-refractivity contribution in [1.82, 2.24) is 15.1 Å². The number of likely N-dealkylation sites (tertiary alicyclic amines) is 1. The van der Waals surface area contributed by atoms with Crippen molar-refractivity contribution in [3.8, 4) is 0 Å². The lowest BCUT2D eigenvalue weighted by atomic mass is 9.47. The van der Waals surface area contributed by atoms with Crippen LogP contribution in [0.15, 0.2) is 11.6 Å². The molecule has 5 heteroatoms. The summed E-state index contributed by atoms with van der Waals surface area (Å²) >= 11 is 0. The van der Waals surface area contributed by atoms with Gasteiger partial charge in [-0.3, -0.25) is 9.59 Å². The summed E-state index contributed by atoms with van der Waals surface area (Å²) in [5.74, 6) is 3.48. The summed E-state index contributed by atoms with van der Waals surface area (Å²) in [4.78, 5) is 29.7. The molecule has 0 aromatic rings. The number of rotatable bonds is 4. The number of carbonyl (C=O) groups is 2. The van der Waals surface area contributed by atoms with Crippen molar-refractivity contribution in [3.63, 3.8) is 0 Å². The minimum Gasteiger partial charge on any atom is -0.344 e. The van der Waals surface area contributed by atoms with E-state index in [4.69, 9.17) is 0 Å². The fourth-order valence-corrected chi connectivity index (χ4v) is 9.91. The van der Waals surface area contributed by atoms with Crippen molar-refractivity contribution in [2.75, 3.05) is 20.6 Å². The molecule has 2 amide bonds. The van der Waals surface area contributed by atoms with Gasteiger partial charge in [-0.15, -0.1) is 0 Å². The smallest absolute Gasteiger partial charge is 0.245 e. The van der Waals surface area contributed by atoms with E-state index in [0.717, 1.165) is 42.6 Å². The number of hydrogen-bond donors (Lipinski definition) is 1. The summed E-state index contributed by atoms with van der Waals surface area (Å²) in [6.07, 6.45) is 12.8. The molecule has 5 rings (SSSR count). The third-order valence-corrected chi connectivity index (χ3v) is 11.9. The monoisotopic (exact) mass is 483 g/mol. The first-order valence-corrected chi connectivity index (χ1v) is 14.4. The molecule has 1 saturated heterocycles. The van der Waals surface area contributed by atoms with E-state index in [1.807, 2.05) is 25.8 Å². The molecule has 0 bridgehead atoms. The molecule has 196 valence electrons. The van der Waals surface area contributed by atoms with Crippen LogP contribution < -0.4 is 5.32 Å². The van der Waals surface area contributed by atoms with Crippen LogP contribution >= 0.6 is 0 Å². The van der Waals surface area contributed by atoms with Crippen molar-refractivity contribution in [2.24, 2.45) is 40.4 Å². The van der Waals surface area contributed by atoms with E-state index in [0.29, 0.717) is 10.8 Å². The molecule has 1 spiro atoms. The number of allylic oxidation sites excluding steroid dienone is 1. The Labute approximate surface area is 213 Å². The predicted molar refractivity (Wildman–Crippen MR) is 141 cm³/mol. The largest absolute Gasteiger partial charge is 0.344 e. The minimum atomic E-state index is -0.438. The van der Waals surface area contributed by atoms with Gasteiger partial charge >= 0.3 is 0 Å². The minimum absolute atomic E-state index is 0.0640. The van der Waals surface area contributed by atoms with Crippen LogP contribution in [0.5, 0.6) is 0 Å². The predicted octanol–water partition coefficient (Wildman–Crippen LogP) is 4.87. The fourth-order valence-electron chi connectivity index (χ4n) is 9.91. The van der Waals surface area contributed by atoms with Crippen molar-refractivity contribution in [2.45, 2.75) is 104 Å². The molecule has 4 aliphatic carbocycles. The lowest BCUT2D eigenvalue weighted by Crippen LogP contribution is -2.55. The molecule has 0 aromatic heterocycles. The standard InChI is InChI=1S/C30H49N3O2/c1-18(2)27(31-20(4)34)28(35)33(7)22-12-14-29(5)21(16-22)8-9-23-25(29)13-15-30-17-32(6)19(3)24(30)10-11-26(23)30/h8,18-19,22-27H,9-17H2,1-7H3,(H,31,34)/t19-,22-,23+,24+,25?,26-,27+,29-,30-/m0/s1. The molecular weight excluding hydrogens is 434 g/mol. The van der Waals surface area contributed by atoms with Gasteiger partial charge in [-0.1, -0.05) is 32.4 Å². The Bertz CT molecular complexity index is 898. The summed E-state index contributed by atoms with van der Waals surface area (Å²) in [6, 6.07) is 0.549. The first-order valence-electron chi connectivity index (χ1n) is 14.4. The number of amides is 2. The summed E-state index contributed by atoms with van der Waals surface area (Å²) in [6.45, 7) is 11.9. The van der Waals surface area contributed by atoms with Crippen LogP contribution in [0.2, 0.25) is 0 Å². The lowest BCUT2D eigenvalue weighted by molar-refractivity contribution is -0.138. The van der Waals surface area contributed by atoms with Gasteiger partial charge in [0.2, 0.25) is 11.8 Å². The van der Waals surface area contributed by atoms with Crippen LogP contribution in [-0.2, 0) is 9.59 Å². The maximum Gasteiger partial charge on any atom is 0.245 e. The van der Waals surface area contributed by atoms with E-state index in [1.54, 1.807) is 5.57 Å². The Balaban J connectivity index is 1.33. The first kappa shape index (κ1) is 25.3. The molecule has 0 aromatic carbocycles. The van der Waals surface area contributed by atoms with E-state index in [2.05, 4.69) is 37.2 Å². The van der Waals surface area contributed by atoms with Crippen molar-refractivity contribution in [1.29, 1.82) is 0 Å². The summed E-state index contributed by atoms with van der Waals surface area (Å²) in [7, 11) is 4.32. The Morgan fingerprint density at radius 1 is 1.11 bits per heavy atom. The normalized spacial score (nSPS) is 43.5. The van der Waals surface area contributed by atoms with Crippen molar-refractivity contribution < 1.29 is 9.59 Å². The van der Waals surface area contributed by atoms with E-state index in [1.165, 1.54) is 52.0 Å². The van der Waals surface area contributed by atoms with Crippen molar-refractivity contribution >= 4 is 11.8 Å². The quantitative estimate of drug-likeness (QED) is 0.581. The van der Waals surface area contributed by atoms with Crippen LogP contribution in [0.3, 0.4) is 0 Å². The Kier molecular flexibility index (Phi) is 6.42. The van der Waals surface area contributed by atoms with Gasteiger partial charge in [-0.25, -0.2) is 0 Å². The molecule has 1 unspecified atom stereocenters. The average molecular weight is 484 g/mol. The van der Waals surface area contributed by atoms with Crippen LogP contribution in [0.4, 0.5) is 0 Å². The van der Waals surface area contributed by atoms with Gasteiger partial charge in [-0.2, -0.15) is 0 Å². The number of fused-ring (bicyclic) bond motifs is 4. The van der Waals surface area contributed by atoms with Crippen LogP contribution in [0, 0.1) is 40.4 Å². The van der Waals surface area contributed by atoms with Crippen LogP contribution in [0.25, 0.3) is 0 Å². The second-order valence-corrected chi connectivity index (χ2v) is 13.6. The molecule has 9 atom stereocenters. The van der Waals surface area contributed by atoms with Gasteiger partial charge < -0.3 is 15.1 Å². The zero-order valence-corrected chi connectivity index (χ0v) is 23.3. The first-order chi connectivity index (χ1) is 16.5. The number of hydrogen-bond acceptors (Lipinski definition) is 3. The molecule has 5 nitrogen and oxygen atoms in total.